The van der Waals surface area contributed by atoms with Gasteiger partial charge >= 0.3 is 0 Å². The lowest BCUT2D eigenvalue weighted by molar-refractivity contribution is -0.117. The third kappa shape index (κ3) is 4.21. The summed E-state index contributed by atoms with van der Waals surface area (Å²) < 4.78 is 26.0. The predicted molar refractivity (Wildman–Crippen MR) is 76.2 cm³/mol. The fourth-order valence-electron chi connectivity index (χ4n) is 1.77. The van der Waals surface area contributed by atoms with Crippen LogP contribution in [0.15, 0.2) is 48.8 Å². The highest BCUT2D eigenvalue weighted by Crippen LogP contribution is 2.15. The molecule has 1 unspecified atom stereocenters. The van der Waals surface area contributed by atoms with E-state index in [2.05, 4.69) is 10.3 Å². The molecule has 1 N–H and O–H groups in total. The zero-order chi connectivity index (χ0) is 15.2. The molecule has 3 nitrogen and oxygen atoms in total. The van der Waals surface area contributed by atoms with Crippen molar-refractivity contribution in [1.82, 2.24) is 10.3 Å². The highest BCUT2D eigenvalue weighted by Gasteiger charge is 2.10. The molecular weight excluding hydrogens is 274 g/mol. The number of benzene rings is 1. The van der Waals surface area contributed by atoms with Gasteiger partial charge in [0.1, 0.15) is 0 Å². The smallest absolute Gasteiger partial charge is 0.244 e. The Morgan fingerprint density at radius 1 is 1.19 bits per heavy atom. The molecular formula is C16H14F2N2O. The maximum absolute atomic E-state index is 13.1. The average molecular weight is 288 g/mol. The minimum Gasteiger partial charge on any atom is -0.346 e. The number of nitrogens with zero attached hydrogens (tertiary/aromatic N) is 1. The van der Waals surface area contributed by atoms with Gasteiger partial charge in [0.2, 0.25) is 5.91 Å². The number of amides is 1. The second kappa shape index (κ2) is 6.74. The first-order chi connectivity index (χ1) is 10.1. The lowest BCUT2D eigenvalue weighted by Crippen LogP contribution is -2.24. The Kier molecular flexibility index (Phi) is 4.77. The number of halogens is 2. The molecule has 108 valence electrons. The van der Waals surface area contributed by atoms with E-state index < -0.39 is 17.7 Å². The van der Waals surface area contributed by atoms with E-state index in [1.54, 1.807) is 37.5 Å². The van der Waals surface area contributed by atoms with Crippen LogP contribution in [-0.4, -0.2) is 10.9 Å². The van der Waals surface area contributed by atoms with Crippen LogP contribution in [0.25, 0.3) is 6.08 Å². The van der Waals surface area contributed by atoms with E-state index in [4.69, 9.17) is 0 Å². The number of carbonyl (C=O) groups excluding carboxylic acids is 1. The Morgan fingerprint density at radius 2 is 1.90 bits per heavy atom. The summed E-state index contributed by atoms with van der Waals surface area (Å²) in [6, 6.07) is 6.67. The van der Waals surface area contributed by atoms with Gasteiger partial charge in [-0.2, -0.15) is 0 Å². The van der Waals surface area contributed by atoms with Crippen LogP contribution in [0.5, 0.6) is 0 Å². The van der Waals surface area contributed by atoms with E-state index in [9.17, 15) is 13.6 Å². The van der Waals surface area contributed by atoms with Gasteiger partial charge in [0.15, 0.2) is 11.6 Å². The summed E-state index contributed by atoms with van der Waals surface area (Å²) in [5.74, 6) is -2.15. The third-order valence-corrected chi connectivity index (χ3v) is 2.94. The van der Waals surface area contributed by atoms with Gasteiger partial charge < -0.3 is 5.32 Å². The summed E-state index contributed by atoms with van der Waals surface area (Å²) in [6.07, 6.45) is 6.28. The maximum Gasteiger partial charge on any atom is 0.244 e. The summed E-state index contributed by atoms with van der Waals surface area (Å²) in [6.45, 7) is 1.70. The lowest BCUT2D eigenvalue weighted by Gasteiger charge is -2.13. The van der Waals surface area contributed by atoms with E-state index in [0.717, 1.165) is 17.7 Å². The second-order valence-electron chi connectivity index (χ2n) is 4.52. The molecule has 1 aromatic heterocycles. The predicted octanol–water partition coefficient (Wildman–Crippen LogP) is 3.25. The number of pyridine rings is 1. The molecule has 2 aromatic rings. The van der Waals surface area contributed by atoms with E-state index in [0.29, 0.717) is 5.56 Å². The van der Waals surface area contributed by atoms with Gasteiger partial charge in [-0.25, -0.2) is 8.78 Å². The zero-order valence-corrected chi connectivity index (χ0v) is 11.4. The summed E-state index contributed by atoms with van der Waals surface area (Å²) in [4.78, 5) is 15.6. The molecule has 1 amide bonds. The molecule has 0 aliphatic rings. The van der Waals surface area contributed by atoms with Crippen LogP contribution in [0, 0.1) is 11.6 Å². The first kappa shape index (κ1) is 14.8. The molecule has 21 heavy (non-hydrogen) atoms. The topological polar surface area (TPSA) is 42.0 Å². The Hall–Kier alpha value is -2.56. The molecule has 1 atom stereocenters. The molecule has 0 aliphatic heterocycles. The van der Waals surface area contributed by atoms with Crippen LogP contribution in [-0.2, 0) is 4.79 Å². The summed E-state index contributed by atoms with van der Waals surface area (Å²) in [5.41, 5.74) is 1.35. The van der Waals surface area contributed by atoms with E-state index in [1.165, 1.54) is 12.1 Å². The molecule has 0 spiro atoms. The molecule has 0 aliphatic carbocycles. The molecule has 0 radical (unpaired) electrons. The van der Waals surface area contributed by atoms with Crippen LogP contribution >= 0.6 is 0 Å². The molecule has 0 saturated heterocycles. The second-order valence-corrected chi connectivity index (χ2v) is 4.52. The molecule has 1 heterocycles. The molecule has 5 heteroatoms. The van der Waals surface area contributed by atoms with Crippen LogP contribution in [0.1, 0.15) is 24.1 Å². The van der Waals surface area contributed by atoms with Crippen molar-refractivity contribution in [3.05, 3.63) is 71.6 Å². The Balaban J connectivity index is 1.99. The van der Waals surface area contributed by atoms with Crippen molar-refractivity contribution in [1.29, 1.82) is 0 Å². The first-order valence-electron chi connectivity index (χ1n) is 6.40. The van der Waals surface area contributed by atoms with Gasteiger partial charge in [0, 0.05) is 18.5 Å². The van der Waals surface area contributed by atoms with Crippen molar-refractivity contribution in [3.63, 3.8) is 0 Å². The molecule has 2 rings (SSSR count). The van der Waals surface area contributed by atoms with Crippen molar-refractivity contribution < 1.29 is 13.6 Å². The number of nitrogens with one attached hydrogen (secondary N) is 1. The van der Waals surface area contributed by atoms with E-state index in [-0.39, 0.29) is 5.91 Å². The number of hydrogen-bond acceptors (Lipinski definition) is 2. The van der Waals surface area contributed by atoms with Crippen molar-refractivity contribution in [3.8, 4) is 0 Å². The quantitative estimate of drug-likeness (QED) is 0.877. The van der Waals surface area contributed by atoms with Crippen molar-refractivity contribution >= 4 is 12.0 Å². The highest BCUT2D eigenvalue weighted by atomic mass is 19.2. The van der Waals surface area contributed by atoms with E-state index >= 15 is 0 Å². The fraction of sp³-hybridized carbons (Fsp3) is 0.125. The Labute approximate surface area is 121 Å². The molecule has 0 fully saturated rings. The normalized spacial score (nSPS) is 12.3. The van der Waals surface area contributed by atoms with Gasteiger partial charge in [0.25, 0.3) is 0 Å². The SMILES string of the molecule is CC(NC(=O)/C=C/c1ccncc1)c1ccc(F)c(F)c1. The van der Waals surface area contributed by atoms with Crippen LogP contribution in [0.3, 0.4) is 0 Å². The molecule has 1 aromatic carbocycles. The maximum atomic E-state index is 13.1. The van der Waals surface area contributed by atoms with E-state index in [1.807, 2.05) is 0 Å². The van der Waals surface area contributed by atoms with Gasteiger partial charge in [0.05, 0.1) is 6.04 Å². The average Bonchev–Trinajstić information content (AvgIpc) is 2.49. The number of carbonyl (C=O) groups is 1. The number of hydrogen-bond donors (Lipinski definition) is 1. The van der Waals surface area contributed by atoms with Crippen LogP contribution < -0.4 is 5.32 Å². The summed E-state index contributed by atoms with van der Waals surface area (Å²) >= 11 is 0. The van der Waals surface area contributed by atoms with Gasteiger partial charge in [-0.15, -0.1) is 0 Å². The van der Waals surface area contributed by atoms with Gasteiger partial charge in [-0.05, 0) is 48.4 Å². The summed E-state index contributed by atoms with van der Waals surface area (Å²) in [5, 5.41) is 2.68. The van der Waals surface area contributed by atoms with Crippen molar-refractivity contribution in [2.24, 2.45) is 0 Å². The number of rotatable bonds is 4. The third-order valence-electron chi connectivity index (χ3n) is 2.94. The minimum atomic E-state index is -0.930. The largest absolute Gasteiger partial charge is 0.346 e. The van der Waals surface area contributed by atoms with Crippen molar-refractivity contribution in [2.45, 2.75) is 13.0 Å². The number of aromatic nitrogens is 1. The Bertz CT molecular complexity index is 657. The lowest BCUT2D eigenvalue weighted by atomic mass is 10.1. The van der Waals surface area contributed by atoms with Gasteiger partial charge in [-0.1, -0.05) is 6.07 Å². The standard InChI is InChI=1S/C16H14F2N2O/c1-11(13-3-4-14(17)15(18)10-13)20-16(21)5-2-12-6-8-19-9-7-12/h2-11H,1H3,(H,20,21)/b5-2+. The highest BCUT2D eigenvalue weighted by molar-refractivity contribution is 5.91. The van der Waals surface area contributed by atoms with Crippen molar-refractivity contribution in [2.75, 3.05) is 0 Å². The first-order valence-corrected chi connectivity index (χ1v) is 6.40. The molecule has 0 bridgehead atoms. The zero-order valence-electron chi connectivity index (χ0n) is 11.4. The Morgan fingerprint density at radius 3 is 2.57 bits per heavy atom. The minimum absolute atomic E-state index is 0.316. The molecule has 0 saturated carbocycles. The summed E-state index contributed by atoms with van der Waals surface area (Å²) in [7, 11) is 0. The van der Waals surface area contributed by atoms with Crippen LogP contribution in [0.4, 0.5) is 8.78 Å². The monoisotopic (exact) mass is 288 g/mol. The van der Waals surface area contributed by atoms with Crippen LogP contribution in [0.2, 0.25) is 0 Å². The van der Waals surface area contributed by atoms with Gasteiger partial charge in [-0.3, -0.25) is 9.78 Å². The fourth-order valence-corrected chi connectivity index (χ4v) is 1.77.